The van der Waals surface area contributed by atoms with E-state index < -0.39 is 25.3 Å². The van der Waals surface area contributed by atoms with Crippen LogP contribution in [0.1, 0.15) is 88.0 Å². The van der Waals surface area contributed by atoms with Crippen molar-refractivity contribution in [2.45, 2.75) is 129 Å². The van der Waals surface area contributed by atoms with Crippen LogP contribution < -0.4 is 4.72 Å². The van der Waals surface area contributed by atoms with Crippen LogP contribution in [-0.4, -0.2) is 59.4 Å². The zero-order chi connectivity index (χ0) is 24.8. The second-order valence-corrected chi connectivity index (χ2v) is 20.1. The fourth-order valence-electron chi connectivity index (χ4n) is 4.37. The van der Waals surface area contributed by atoms with Crippen LogP contribution in [0.2, 0.25) is 18.1 Å². The van der Waals surface area contributed by atoms with E-state index in [1.165, 1.54) is 0 Å². The summed E-state index contributed by atoms with van der Waals surface area (Å²) < 4.78 is 28.6. The molecule has 0 radical (unpaired) electrons. The molecule has 8 heteroatoms. The molecule has 1 aliphatic heterocycles. The van der Waals surface area contributed by atoms with E-state index in [0.29, 0.717) is 13.1 Å². The van der Waals surface area contributed by atoms with E-state index in [9.17, 15) is 9.35 Å². The highest BCUT2D eigenvalue weighted by Crippen LogP contribution is 2.50. The van der Waals surface area contributed by atoms with Gasteiger partial charge in [-0.2, -0.15) is 0 Å². The lowest BCUT2D eigenvalue weighted by atomic mass is 9.74. The minimum atomic E-state index is -1.90. The third-order valence-corrected chi connectivity index (χ3v) is 13.5. The molecule has 2 rings (SSSR count). The number of nitrogens with zero attached hydrogens (tertiary/aromatic N) is 1. The Morgan fingerprint density at radius 2 is 1.59 bits per heavy atom. The number of ether oxygens (including phenoxy) is 1. The first-order valence-corrected chi connectivity index (χ1v) is 16.2. The van der Waals surface area contributed by atoms with Gasteiger partial charge in [0.25, 0.3) is 0 Å². The van der Waals surface area contributed by atoms with Crippen LogP contribution in [0, 0.1) is 5.41 Å². The number of hydrogen-bond donors (Lipinski definition) is 1. The maximum absolute atomic E-state index is 13.0. The van der Waals surface area contributed by atoms with Crippen molar-refractivity contribution in [2.24, 2.45) is 5.41 Å². The standard InChI is InChI=1S/C24H48N2O4SSi/c1-21(2,3)29-20(27)26-14-12-24(13-15-26)17-18(30-32(10,11)23(7,8)9)16-19(24)25-31(28)22(4,5)6/h18-19,25H,12-17H2,1-11H3/t18?,19?,31-/m1/s1. The van der Waals surface area contributed by atoms with Gasteiger partial charge < -0.3 is 18.6 Å². The van der Waals surface area contributed by atoms with E-state index in [-0.39, 0.29) is 33.4 Å². The molecule has 0 bridgehead atoms. The minimum Gasteiger partial charge on any atom is -0.598 e. The molecular weight excluding hydrogens is 440 g/mol. The van der Waals surface area contributed by atoms with Crippen LogP contribution >= 0.6 is 0 Å². The summed E-state index contributed by atoms with van der Waals surface area (Å²) in [5.74, 6) is 0. The van der Waals surface area contributed by atoms with Crippen LogP contribution in [0.4, 0.5) is 4.79 Å². The molecule has 3 atom stereocenters. The fraction of sp³-hybridized carbons (Fsp3) is 0.958. The van der Waals surface area contributed by atoms with Crippen molar-refractivity contribution in [1.82, 2.24) is 9.62 Å². The van der Waals surface area contributed by atoms with Crippen molar-refractivity contribution in [3.8, 4) is 0 Å². The van der Waals surface area contributed by atoms with Gasteiger partial charge in [-0.25, -0.2) is 4.79 Å². The molecule has 2 aliphatic rings. The molecule has 0 aromatic heterocycles. The zero-order valence-electron chi connectivity index (χ0n) is 22.4. The maximum Gasteiger partial charge on any atom is 0.410 e. The summed E-state index contributed by atoms with van der Waals surface area (Å²) in [6, 6.07) is 0.123. The van der Waals surface area contributed by atoms with Crippen molar-refractivity contribution >= 4 is 25.8 Å². The lowest BCUT2D eigenvalue weighted by molar-refractivity contribution is 0.00700. The average molecular weight is 489 g/mol. The predicted molar refractivity (Wildman–Crippen MR) is 136 cm³/mol. The molecule has 6 nitrogen and oxygen atoms in total. The molecule has 1 amide bonds. The van der Waals surface area contributed by atoms with E-state index >= 15 is 0 Å². The van der Waals surface area contributed by atoms with E-state index in [1.54, 1.807) is 0 Å². The third-order valence-electron chi connectivity index (χ3n) is 7.36. The number of nitrogens with one attached hydrogen (secondary N) is 1. The van der Waals surface area contributed by atoms with E-state index in [0.717, 1.165) is 25.7 Å². The molecule has 1 heterocycles. The molecule has 2 unspecified atom stereocenters. The molecule has 1 N–H and O–H groups in total. The van der Waals surface area contributed by atoms with E-state index in [4.69, 9.17) is 9.16 Å². The highest BCUT2D eigenvalue weighted by atomic mass is 32.2. The lowest BCUT2D eigenvalue weighted by Crippen LogP contribution is -2.54. The Morgan fingerprint density at radius 1 is 1.06 bits per heavy atom. The summed E-state index contributed by atoms with van der Waals surface area (Å²) in [5.41, 5.74) is -0.498. The van der Waals surface area contributed by atoms with Gasteiger partial charge in [-0.05, 0) is 90.8 Å². The van der Waals surface area contributed by atoms with Crippen molar-refractivity contribution in [1.29, 1.82) is 0 Å². The molecule has 32 heavy (non-hydrogen) atoms. The first-order chi connectivity index (χ1) is 14.3. The summed E-state index contributed by atoms with van der Waals surface area (Å²) in [6.07, 6.45) is 3.52. The quantitative estimate of drug-likeness (QED) is 0.411. The van der Waals surface area contributed by atoms with E-state index in [1.807, 2.05) is 46.4 Å². The normalized spacial score (nSPS) is 25.8. The number of carbonyl (C=O) groups excluding carboxylic acids is 1. The molecular formula is C24H48N2O4SSi. The highest BCUT2D eigenvalue weighted by Gasteiger charge is 2.53. The average Bonchev–Trinajstić information content (AvgIpc) is 2.87. The van der Waals surface area contributed by atoms with Gasteiger partial charge in [0.1, 0.15) is 10.3 Å². The fourth-order valence-corrected chi connectivity index (χ4v) is 6.69. The number of amides is 1. The number of piperidine rings is 1. The topological polar surface area (TPSA) is 73.9 Å². The third kappa shape index (κ3) is 6.87. The Balaban J connectivity index is 2.17. The summed E-state index contributed by atoms with van der Waals surface area (Å²) >= 11 is -1.14. The van der Waals surface area contributed by atoms with E-state index in [2.05, 4.69) is 38.6 Å². The molecule has 0 aromatic rings. The predicted octanol–water partition coefficient (Wildman–Crippen LogP) is 5.61. The highest BCUT2D eigenvalue weighted by molar-refractivity contribution is 7.90. The number of hydrogen-bond acceptors (Lipinski definition) is 5. The van der Waals surface area contributed by atoms with Gasteiger partial charge in [0.15, 0.2) is 8.32 Å². The number of likely N-dealkylation sites (tertiary alicyclic amines) is 1. The second-order valence-electron chi connectivity index (χ2n) is 13.3. The molecule has 188 valence electrons. The van der Waals surface area contributed by atoms with Gasteiger partial charge in [-0.3, -0.25) is 0 Å². The molecule has 1 aliphatic carbocycles. The van der Waals surface area contributed by atoms with Gasteiger partial charge >= 0.3 is 6.09 Å². The smallest absolute Gasteiger partial charge is 0.410 e. The number of rotatable bonds is 4. The van der Waals surface area contributed by atoms with Crippen LogP contribution in [0.3, 0.4) is 0 Å². The van der Waals surface area contributed by atoms with Crippen molar-refractivity contribution in [3.63, 3.8) is 0 Å². The Labute approximate surface area is 201 Å². The van der Waals surface area contributed by atoms with Gasteiger partial charge in [-0.1, -0.05) is 20.8 Å². The first-order valence-electron chi connectivity index (χ1n) is 12.1. The molecule has 1 saturated carbocycles. The van der Waals surface area contributed by atoms with Crippen molar-refractivity contribution < 1.29 is 18.5 Å². The zero-order valence-corrected chi connectivity index (χ0v) is 24.2. The van der Waals surface area contributed by atoms with Crippen LogP contribution in [-0.2, 0) is 20.5 Å². The SMILES string of the molecule is CC(C)(C)OC(=O)N1CCC2(CC1)CC(O[Si](C)(C)C(C)(C)C)CC2N[S@+]([O-])C(C)(C)C. The number of carbonyl (C=O) groups is 1. The lowest BCUT2D eigenvalue weighted by Gasteiger charge is -2.44. The summed E-state index contributed by atoms with van der Waals surface area (Å²) in [7, 11) is -1.90. The van der Waals surface area contributed by atoms with Crippen LogP contribution in [0.5, 0.6) is 0 Å². The summed E-state index contributed by atoms with van der Waals surface area (Å²) in [6.45, 7) is 24.5. The maximum atomic E-state index is 13.0. The van der Waals surface area contributed by atoms with Gasteiger partial charge in [0.2, 0.25) is 0 Å². The Kier molecular flexibility index (Phi) is 8.21. The molecule has 1 spiro atoms. The summed E-state index contributed by atoms with van der Waals surface area (Å²) in [4.78, 5) is 14.4. The van der Waals surface area contributed by atoms with Gasteiger partial charge in [-0.15, -0.1) is 4.72 Å². The molecule has 0 aromatic carbocycles. The molecule has 1 saturated heterocycles. The van der Waals surface area contributed by atoms with Gasteiger partial charge in [0.05, 0.1) is 6.04 Å². The Bertz CT molecular complexity index is 658. The van der Waals surface area contributed by atoms with Crippen LogP contribution in [0.25, 0.3) is 0 Å². The van der Waals surface area contributed by atoms with Crippen LogP contribution in [0.15, 0.2) is 0 Å². The largest absolute Gasteiger partial charge is 0.598 e. The van der Waals surface area contributed by atoms with Crippen molar-refractivity contribution in [3.05, 3.63) is 0 Å². The Morgan fingerprint density at radius 3 is 2.03 bits per heavy atom. The minimum absolute atomic E-state index is 0.00749. The second kappa shape index (κ2) is 9.40. The molecule has 2 fully saturated rings. The van der Waals surface area contributed by atoms with Crippen molar-refractivity contribution in [2.75, 3.05) is 13.1 Å². The summed E-state index contributed by atoms with van der Waals surface area (Å²) in [5, 5.41) is 0.153. The monoisotopic (exact) mass is 488 g/mol. The Hall–Kier alpha value is -0.283. The van der Waals surface area contributed by atoms with Gasteiger partial charge in [0, 0.05) is 30.6 Å². The first kappa shape index (κ1) is 28.0.